The molecule has 1 amide bonds. The van der Waals surface area contributed by atoms with Gasteiger partial charge >= 0.3 is 0 Å². The zero-order valence-electron chi connectivity index (χ0n) is 12.0. The topological polar surface area (TPSA) is 82.4 Å². The van der Waals surface area contributed by atoms with Crippen molar-refractivity contribution in [2.45, 2.75) is 6.92 Å². The van der Waals surface area contributed by atoms with Gasteiger partial charge in [0.1, 0.15) is 11.5 Å². The Hall–Kier alpha value is -2.60. The van der Waals surface area contributed by atoms with Gasteiger partial charge in [-0.3, -0.25) is 15.0 Å². The van der Waals surface area contributed by atoms with Gasteiger partial charge in [0.2, 0.25) is 0 Å². The van der Waals surface area contributed by atoms with Gasteiger partial charge in [-0.05, 0) is 24.6 Å². The lowest BCUT2D eigenvalue weighted by atomic mass is 9.96. The van der Waals surface area contributed by atoms with Crippen molar-refractivity contribution in [3.63, 3.8) is 0 Å². The van der Waals surface area contributed by atoms with E-state index >= 15 is 0 Å². The van der Waals surface area contributed by atoms with Gasteiger partial charge in [-0.1, -0.05) is 18.2 Å². The molecule has 0 aromatic heterocycles. The SMILES string of the molecule is C/C=C1\C(=NC)N(O)C(=O)C(c2ccc(OC)cc2)=C1O. The van der Waals surface area contributed by atoms with Gasteiger partial charge in [-0.2, -0.15) is 5.06 Å². The van der Waals surface area contributed by atoms with E-state index in [2.05, 4.69) is 4.99 Å². The average molecular weight is 288 g/mol. The number of hydroxylamine groups is 2. The number of hydrogen-bond acceptors (Lipinski definition) is 5. The number of nitrogens with zero attached hydrogens (tertiary/aromatic N) is 2. The van der Waals surface area contributed by atoms with Crippen LogP contribution in [-0.4, -0.2) is 41.3 Å². The molecule has 0 unspecified atom stereocenters. The Bertz CT molecular complexity index is 657. The van der Waals surface area contributed by atoms with Crippen LogP contribution in [0, 0.1) is 0 Å². The first-order valence-electron chi connectivity index (χ1n) is 6.30. The van der Waals surface area contributed by atoms with Crippen LogP contribution in [0.5, 0.6) is 5.75 Å². The predicted molar refractivity (Wildman–Crippen MR) is 78.3 cm³/mol. The minimum Gasteiger partial charge on any atom is -0.506 e. The Morgan fingerprint density at radius 2 is 1.90 bits per heavy atom. The number of rotatable bonds is 2. The van der Waals surface area contributed by atoms with Crippen LogP contribution in [0.4, 0.5) is 0 Å². The van der Waals surface area contributed by atoms with Crippen LogP contribution in [0.1, 0.15) is 12.5 Å². The molecule has 0 bridgehead atoms. The standard InChI is InChI=1S/C15H16N2O4/c1-4-11-13(18)12(15(19)17(20)14(11)16-2)9-5-7-10(21-3)8-6-9/h4-8,18,20H,1-3H3/b11-4-,16-14?. The molecule has 6 nitrogen and oxygen atoms in total. The van der Waals surface area contributed by atoms with E-state index in [1.54, 1.807) is 37.3 Å². The fourth-order valence-corrected chi connectivity index (χ4v) is 2.16. The average Bonchev–Trinajstić information content (AvgIpc) is 2.51. The van der Waals surface area contributed by atoms with Gasteiger partial charge in [0, 0.05) is 7.05 Å². The fourth-order valence-electron chi connectivity index (χ4n) is 2.16. The first-order chi connectivity index (χ1) is 10.0. The molecule has 6 heteroatoms. The van der Waals surface area contributed by atoms with E-state index < -0.39 is 5.91 Å². The number of aliphatic hydroxyl groups excluding tert-OH is 1. The summed E-state index contributed by atoms with van der Waals surface area (Å²) in [5.74, 6) is -0.301. The monoisotopic (exact) mass is 288 g/mol. The number of aliphatic hydroxyl groups is 1. The van der Waals surface area contributed by atoms with Crippen LogP contribution in [0.2, 0.25) is 0 Å². The summed E-state index contributed by atoms with van der Waals surface area (Å²) in [4.78, 5) is 16.1. The minimum absolute atomic E-state index is 0.0114. The zero-order valence-corrected chi connectivity index (χ0v) is 12.0. The van der Waals surface area contributed by atoms with E-state index in [-0.39, 0.29) is 17.2 Å². The van der Waals surface area contributed by atoms with E-state index in [0.29, 0.717) is 21.9 Å². The van der Waals surface area contributed by atoms with E-state index in [0.717, 1.165) is 0 Å². The Kier molecular flexibility index (Phi) is 4.09. The summed E-state index contributed by atoms with van der Waals surface area (Å²) in [5.41, 5.74) is 0.790. The van der Waals surface area contributed by atoms with Crippen molar-refractivity contribution in [1.29, 1.82) is 0 Å². The number of ether oxygens (including phenoxy) is 1. The van der Waals surface area contributed by atoms with Crippen LogP contribution in [-0.2, 0) is 4.79 Å². The number of aliphatic imine (C=N–C) groups is 1. The van der Waals surface area contributed by atoms with Crippen molar-refractivity contribution in [2.24, 2.45) is 4.99 Å². The summed E-state index contributed by atoms with van der Waals surface area (Å²) in [5, 5.41) is 20.7. The van der Waals surface area contributed by atoms with Gasteiger partial charge in [0.25, 0.3) is 5.91 Å². The van der Waals surface area contributed by atoms with Gasteiger partial charge in [-0.25, -0.2) is 0 Å². The fraction of sp³-hybridized carbons (Fsp3) is 0.200. The molecule has 1 aromatic carbocycles. The van der Waals surface area contributed by atoms with Crippen molar-refractivity contribution >= 4 is 17.3 Å². The molecule has 0 aliphatic carbocycles. The molecule has 1 aliphatic heterocycles. The number of hydrogen-bond donors (Lipinski definition) is 2. The molecule has 2 N–H and O–H groups in total. The van der Waals surface area contributed by atoms with Crippen molar-refractivity contribution in [3.8, 4) is 5.75 Å². The molecule has 0 fully saturated rings. The summed E-state index contributed by atoms with van der Waals surface area (Å²) < 4.78 is 5.05. The van der Waals surface area contributed by atoms with Crippen LogP contribution < -0.4 is 4.74 Å². The molecule has 0 saturated heterocycles. The number of amidine groups is 1. The van der Waals surface area contributed by atoms with Crippen LogP contribution in [0.25, 0.3) is 5.57 Å². The van der Waals surface area contributed by atoms with E-state index in [9.17, 15) is 15.1 Å². The third-order valence-corrected chi connectivity index (χ3v) is 3.22. The van der Waals surface area contributed by atoms with Crippen molar-refractivity contribution in [2.75, 3.05) is 14.2 Å². The van der Waals surface area contributed by atoms with Gasteiger partial charge in [-0.15, -0.1) is 0 Å². The van der Waals surface area contributed by atoms with E-state index in [1.807, 2.05) is 0 Å². The summed E-state index contributed by atoms with van der Waals surface area (Å²) in [6, 6.07) is 6.61. The number of benzene rings is 1. The van der Waals surface area contributed by atoms with E-state index in [4.69, 9.17) is 4.74 Å². The number of carbonyl (C=O) groups is 1. The number of carbonyl (C=O) groups excluding carboxylic acids is 1. The molecule has 0 radical (unpaired) electrons. The normalized spacial score (nSPS) is 19.6. The first-order valence-corrected chi connectivity index (χ1v) is 6.30. The second-order valence-electron chi connectivity index (χ2n) is 4.32. The summed E-state index contributed by atoms with van der Waals surface area (Å²) in [6.07, 6.45) is 1.58. The summed E-state index contributed by atoms with van der Waals surface area (Å²) in [6.45, 7) is 1.69. The van der Waals surface area contributed by atoms with Crippen molar-refractivity contribution in [1.82, 2.24) is 5.06 Å². The summed E-state index contributed by atoms with van der Waals surface area (Å²) >= 11 is 0. The first kappa shape index (κ1) is 14.8. The summed E-state index contributed by atoms with van der Waals surface area (Å²) in [7, 11) is 2.97. The van der Waals surface area contributed by atoms with Gasteiger partial charge < -0.3 is 9.84 Å². The third-order valence-electron chi connectivity index (χ3n) is 3.22. The smallest absolute Gasteiger partial charge is 0.287 e. The lowest BCUT2D eigenvalue weighted by molar-refractivity contribution is -0.142. The van der Waals surface area contributed by atoms with E-state index in [1.165, 1.54) is 14.2 Å². The van der Waals surface area contributed by atoms with Crippen molar-refractivity contribution in [3.05, 3.63) is 47.2 Å². The highest BCUT2D eigenvalue weighted by molar-refractivity contribution is 6.31. The maximum Gasteiger partial charge on any atom is 0.287 e. The molecule has 1 aliphatic rings. The number of methoxy groups -OCH3 is 1. The Morgan fingerprint density at radius 3 is 2.38 bits per heavy atom. The Morgan fingerprint density at radius 1 is 1.29 bits per heavy atom. The lowest BCUT2D eigenvalue weighted by Crippen LogP contribution is -2.40. The zero-order chi connectivity index (χ0) is 15.6. The second kappa shape index (κ2) is 5.80. The third kappa shape index (κ3) is 2.41. The van der Waals surface area contributed by atoms with Crippen molar-refractivity contribution < 1.29 is 19.8 Å². The quantitative estimate of drug-likeness (QED) is 0.817. The molecule has 1 heterocycles. The minimum atomic E-state index is -0.733. The molecule has 1 aromatic rings. The maximum atomic E-state index is 12.2. The van der Waals surface area contributed by atoms with Crippen LogP contribution in [0.15, 0.2) is 46.7 Å². The molecule has 110 valence electrons. The Balaban J connectivity index is 2.61. The predicted octanol–water partition coefficient (Wildman–Crippen LogP) is 2.17. The molecular weight excluding hydrogens is 272 g/mol. The van der Waals surface area contributed by atoms with Crippen LogP contribution in [0.3, 0.4) is 0 Å². The van der Waals surface area contributed by atoms with Gasteiger partial charge in [0.05, 0.1) is 18.3 Å². The molecule has 0 saturated carbocycles. The second-order valence-corrected chi connectivity index (χ2v) is 4.32. The highest BCUT2D eigenvalue weighted by Crippen LogP contribution is 2.31. The molecule has 21 heavy (non-hydrogen) atoms. The largest absolute Gasteiger partial charge is 0.506 e. The molecule has 0 atom stereocenters. The molecular formula is C15H16N2O4. The highest BCUT2D eigenvalue weighted by atomic mass is 16.5. The molecule has 0 spiro atoms. The van der Waals surface area contributed by atoms with Crippen LogP contribution >= 0.6 is 0 Å². The lowest BCUT2D eigenvalue weighted by Gasteiger charge is -2.26. The Labute approximate surface area is 122 Å². The van der Waals surface area contributed by atoms with Gasteiger partial charge in [0.15, 0.2) is 5.84 Å². The highest BCUT2D eigenvalue weighted by Gasteiger charge is 2.35. The maximum absolute atomic E-state index is 12.2. The number of amides is 1. The molecule has 2 rings (SSSR count). The number of allylic oxidation sites excluding steroid dienone is 1.